The van der Waals surface area contributed by atoms with Crippen molar-refractivity contribution in [2.24, 2.45) is 0 Å². The molecule has 1 atom stereocenters. The minimum atomic E-state index is -3.96. The Bertz CT molecular complexity index is 1480. The van der Waals surface area contributed by atoms with Crippen LogP contribution in [0.5, 0.6) is 0 Å². The van der Waals surface area contributed by atoms with Gasteiger partial charge in [-0.3, -0.25) is 14.4 Å². The molecular weight excluding hydrogens is 594 g/mol. The molecule has 0 saturated heterocycles. The molecule has 0 aromatic heterocycles. The molecule has 0 bridgehead atoms. The number of fused-ring (bicyclic) bond motifs is 1. The highest BCUT2D eigenvalue weighted by atomic mass is 79.9. The molecule has 4 rings (SSSR count). The number of carbonyl (C=O) groups excluding carboxylic acids is 3. The number of hydrogen-bond acceptors (Lipinski definition) is 5. The lowest BCUT2D eigenvalue weighted by atomic mass is 10.0. The van der Waals surface area contributed by atoms with Crippen LogP contribution < -0.4 is 5.32 Å². The van der Waals surface area contributed by atoms with E-state index in [1.807, 2.05) is 68.4 Å². The van der Waals surface area contributed by atoms with Gasteiger partial charge in [-0.15, -0.1) is 0 Å². The van der Waals surface area contributed by atoms with Crippen molar-refractivity contribution in [1.29, 1.82) is 0 Å². The van der Waals surface area contributed by atoms with E-state index in [2.05, 4.69) is 21.2 Å². The predicted octanol–water partition coefficient (Wildman–Crippen LogP) is 4.54. The van der Waals surface area contributed by atoms with Gasteiger partial charge in [0.1, 0.15) is 10.9 Å². The molecule has 0 saturated carbocycles. The van der Waals surface area contributed by atoms with Crippen molar-refractivity contribution in [3.05, 3.63) is 100 Å². The normalized spacial score (nSPS) is 14.6. The number of sulfonamides is 1. The Morgan fingerprint density at radius 1 is 0.925 bits per heavy atom. The molecule has 1 heterocycles. The molecule has 0 unspecified atom stereocenters. The largest absolute Gasteiger partial charge is 0.352 e. The van der Waals surface area contributed by atoms with E-state index in [0.29, 0.717) is 6.42 Å². The lowest BCUT2D eigenvalue weighted by molar-refractivity contribution is -0.141. The number of rotatable bonds is 11. The summed E-state index contributed by atoms with van der Waals surface area (Å²) in [6, 6.07) is 22.2. The first-order valence-corrected chi connectivity index (χ1v) is 15.4. The van der Waals surface area contributed by atoms with Crippen LogP contribution in [0, 0.1) is 0 Å². The van der Waals surface area contributed by atoms with Crippen LogP contribution in [0.15, 0.2) is 88.2 Å². The molecule has 3 amide bonds. The lowest BCUT2D eigenvalue weighted by Crippen LogP contribution is -2.51. The molecular formula is C30H32BrN3O5S. The maximum atomic E-state index is 13.8. The first-order valence-electron chi connectivity index (χ1n) is 13.1. The fourth-order valence-electron chi connectivity index (χ4n) is 4.69. The average Bonchev–Trinajstić information content (AvgIpc) is 3.12. The summed E-state index contributed by atoms with van der Waals surface area (Å²) in [6.07, 6.45) is 0.404. The quantitative estimate of drug-likeness (QED) is 0.337. The summed E-state index contributed by atoms with van der Waals surface area (Å²) in [5.41, 5.74) is 1.89. The van der Waals surface area contributed by atoms with E-state index >= 15 is 0 Å². The monoisotopic (exact) mass is 625 g/mol. The summed E-state index contributed by atoms with van der Waals surface area (Å²) >= 11 is 3.43. The van der Waals surface area contributed by atoms with Crippen LogP contribution in [0.25, 0.3) is 0 Å². The molecule has 0 spiro atoms. The van der Waals surface area contributed by atoms with Gasteiger partial charge in [-0.2, -0.15) is 0 Å². The van der Waals surface area contributed by atoms with Gasteiger partial charge < -0.3 is 10.2 Å². The van der Waals surface area contributed by atoms with E-state index in [1.165, 1.54) is 12.1 Å². The molecule has 8 nitrogen and oxygen atoms in total. The Balaban J connectivity index is 1.56. The highest BCUT2D eigenvalue weighted by molar-refractivity contribution is 9.10. The maximum Gasteiger partial charge on any atom is 0.269 e. The van der Waals surface area contributed by atoms with Crippen LogP contribution in [0.4, 0.5) is 0 Å². The van der Waals surface area contributed by atoms with Gasteiger partial charge in [-0.05, 0) is 55.7 Å². The van der Waals surface area contributed by atoms with Crippen molar-refractivity contribution in [2.75, 3.05) is 6.54 Å². The molecule has 1 aliphatic heterocycles. The number of nitrogens with zero attached hydrogens (tertiary/aromatic N) is 2. The Hall–Kier alpha value is -3.50. The molecule has 3 aromatic carbocycles. The highest BCUT2D eigenvalue weighted by Gasteiger charge is 2.40. The first-order chi connectivity index (χ1) is 19.1. The zero-order chi connectivity index (χ0) is 28.9. The fraction of sp³-hybridized carbons (Fsp3) is 0.300. The van der Waals surface area contributed by atoms with E-state index in [-0.39, 0.29) is 54.2 Å². The first kappa shape index (κ1) is 29.5. The molecule has 40 heavy (non-hydrogen) atoms. The summed E-state index contributed by atoms with van der Waals surface area (Å²) in [5.74, 6) is -1.16. The minimum absolute atomic E-state index is 0.0172. The smallest absolute Gasteiger partial charge is 0.269 e. The van der Waals surface area contributed by atoms with E-state index in [4.69, 9.17) is 0 Å². The number of halogens is 1. The van der Waals surface area contributed by atoms with Crippen molar-refractivity contribution >= 4 is 43.7 Å². The topological polar surface area (TPSA) is 104 Å². The molecule has 0 aliphatic carbocycles. The van der Waals surface area contributed by atoms with Gasteiger partial charge in [0.2, 0.25) is 11.8 Å². The molecule has 0 fully saturated rings. The van der Waals surface area contributed by atoms with Gasteiger partial charge in [0.15, 0.2) is 0 Å². The van der Waals surface area contributed by atoms with Crippen LogP contribution in [0.2, 0.25) is 0 Å². The standard InChI is InChI=1S/C30H32BrN3O5S/c1-21(2)32-29(36)26(19-22-9-4-3-5-10-22)33(20-23-14-16-24(31)17-15-23)28(35)13-8-18-34-30(37)25-11-6-7-12-27(25)40(34,38)39/h3-7,9-12,14-17,21,26H,8,13,18-20H2,1-2H3,(H,32,36)/t26-/m1/s1. The Kier molecular flexibility index (Phi) is 9.42. The second-order valence-electron chi connectivity index (χ2n) is 10.00. The minimum Gasteiger partial charge on any atom is -0.352 e. The number of benzene rings is 3. The SMILES string of the molecule is CC(C)NC(=O)[C@@H](Cc1ccccc1)N(Cc1ccc(Br)cc1)C(=O)CCCN1C(=O)c2ccccc2S1(=O)=O. The van der Waals surface area contributed by atoms with Crippen LogP contribution in [0.3, 0.4) is 0 Å². The van der Waals surface area contributed by atoms with E-state index in [0.717, 1.165) is 19.9 Å². The van der Waals surface area contributed by atoms with Gasteiger partial charge in [0.05, 0.1) is 5.56 Å². The van der Waals surface area contributed by atoms with E-state index in [9.17, 15) is 22.8 Å². The van der Waals surface area contributed by atoms with Gasteiger partial charge in [0.25, 0.3) is 15.9 Å². The summed E-state index contributed by atoms with van der Waals surface area (Å²) in [6.45, 7) is 3.80. The third kappa shape index (κ3) is 6.79. The Labute approximate surface area is 243 Å². The summed E-state index contributed by atoms with van der Waals surface area (Å²) in [5, 5.41) is 2.95. The molecule has 10 heteroatoms. The van der Waals surface area contributed by atoms with Gasteiger partial charge in [-0.1, -0.05) is 70.5 Å². The average molecular weight is 627 g/mol. The van der Waals surface area contributed by atoms with Gasteiger partial charge in [-0.25, -0.2) is 12.7 Å². The van der Waals surface area contributed by atoms with Crippen LogP contribution in [-0.4, -0.2) is 54.0 Å². The zero-order valence-corrected chi connectivity index (χ0v) is 24.8. The number of amides is 3. The summed E-state index contributed by atoms with van der Waals surface area (Å²) in [7, 11) is -3.96. The molecule has 3 aromatic rings. The zero-order valence-electron chi connectivity index (χ0n) is 22.4. The third-order valence-electron chi connectivity index (χ3n) is 6.63. The Morgan fingerprint density at radius 2 is 1.57 bits per heavy atom. The van der Waals surface area contributed by atoms with Crippen LogP contribution in [-0.2, 0) is 32.6 Å². The van der Waals surface area contributed by atoms with Gasteiger partial charge in [0, 0.05) is 36.4 Å². The number of hydrogen-bond donors (Lipinski definition) is 1. The summed E-state index contributed by atoms with van der Waals surface area (Å²) < 4.78 is 27.6. The highest BCUT2D eigenvalue weighted by Crippen LogP contribution is 2.30. The third-order valence-corrected chi connectivity index (χ3v) is 9.00. The van der Waals surface area contributed by atoms with Crippen molar-refractivity contribution in [1.82, 2.24) is 14.5 Å². The molecule has 1 aliphatic rings. The second-order valence-corrected chi connectivity index (χ2v) is 12.7. The van der Waals surface area contributed by atoms with E-state index < -0.39 is 22.0 Å². The maximum absolute atomic E-state index is 13.8. The van der Waals surface area contributed by atoms with Crippen molar-refractivity contribution in [3.63, 3.8) is 0 Å². The number of nitrogens with one attached hydrogen (secondary N) is 1. The summed E-state index contributed by atoms with van der Waals surface area (Å²) in [4.78, 5) is 41.5. The molecule has 0 radical (unpaired) electrons. The van der Waals surface area contributed by atoms with Crippen molar-refractivity contribution in [2.45, 2.75) is 56.6 Å². The second kappa shape index (κ2) is 12.8. The van der Waals surface area contributed by atoms with E-state index in [1.54, 1.807) is 17.0 Å². The molecule has 210 valence electrons. The van der Waals surface area contributed by atoms with Crippen molar-refractivity contribution in [3.8, 4) is 0 Å². The van der Waals surface area contributed by atoms with Crippen LogP contribution >= 0.6 is 15.9 Å². The number of carbonyl (C=O) groups is 3. The molecule has 1 N–H and O–H groups in total. The van der Waals surface area contributed by atoms with Gasteiger partial charge >= 0.3 is 0 Å². The Morgan fingerprint density at radius 3 is 2.23 bits per heavy atom. The lowest BCUT2D eigenvalue weighted by Gasteiger charge is -2.32. The fourth-order valence-corrected chi connectivity index (χ4v) is 6.56. The van der Waals surface area contributed by atoms with Crippen molar-refractivity contribution < 1.29 is 22.8 Å². The van der Waals surface area contributed by atoms with Crippen LogP contribution in [0.1, 0.15) is 48.2 Å². The predicted molar refractivity (Wildman–Crippen MR) is 156 cm³/mol.